The Hall–Kier alpha value is -3.84. The van der Waals surface area contributed by atoms with Gasteiger partial charge in [0.05, 0.1) is 25.1 Å². The molecule has 1 aliphatic rings. The van der Waals surface area contributed by atoms with Gasteiger partial charge in [0.25, 0.3) is 0 Å². The summed E-state index contributed by atoms with van der Waals surface area (Å²) in [5, 5.41) is 11.7. The van der Waals surface area contributed by atoms with Crippen molar-refractivity contribution in [1.82, 2.24) is 19.7 Å². The number of fused-ring (bicyclic) bond motifs is 1. The normalized spacial score (nSPS) is 14.5. The molecule has 1 saturated heterocycles. The molecule has 5 rings (SSSR count). The highest BCUT2D eigenvalue weighted by Crippen LogP contribution is 2.38. The number of nitrogens with zero attached hydrogens (tertiary/aromatic N) is 5. The number of hydrogen-bond acceptors (Lipinski definition) is 6. The molecule has 0 aliphatic carbocycles. The van der Waals surface area contributed by atoms with Crippen LogP contribution in [0.15, 0.2) is 54.6 Å². The van der Waals surface area contributed by atoms with E-state index < -0.39 is 0 Å². The molecule has 7 heteroatoms. The van der Waals surface area contributed by atoms with E-state index in [1.54, 1.807) is 7.11 Å². The molecule has 4 aromatic rings. The number of rotatable bonds is 8. The molecule has 0 N–H and O–H groups in total. The molecule has 2 aromatic heterocycles. The highest BCUT2D eigenvalue weighted by Gasteiger charge is 2.25. The molecule has 0 amide bonds. The number of anilines is 1. The van der Waals surface area contributed by atoms with E-state index in [1.165, 1.54) is 10.9 Å². The van der Waals surface area contributed by atoms with Gasteiger partial charge in [-0.15, -0.1) is 5.10 Å². The molecule has 0 atom stereocenters. The summed E-state index contributed by atoms with van der Waals surface area (Å²) >= 11 is 0. The summed E-state index contributed by atoms with van der Waals surface area (Å²) in [4.78, 5) is 4.88. The first-order valence-corrected chi connectivity index (χ1v) is 13.4. The second-order valence-electron chi connectivity index (χ2n) is 9.73. The Kier molecular flexibility index (Phi) is 7.65. The van der Waals surface area contributed by atoms with Crippen LogP contribution in [0, 0.1) is 20.8 Å². The number of piperazine rings is 1. The third-order valence-electron chi connectivity index (χ3n) is 7.37. The molecule has 1 fully saturated rings. The van der Waals surface area contributed by atoms with Crippen molar-refractivity contribution < 1.29 is 9.47 Å². The van der Waals surface area contributed by atoms with Crippen molar-refractivity contribution in [1.29, 1.82) is 0 Å². The van der Waals surface area contributed by atoms with Crippen molar-refractivity contribution in [2.45, 2.75) is 27.7 Å². The SMILES string of the molecule is CCOc1ccc(-n2c(C)c3c(C)nnc(N4CCN(C/C=C/c5ccccc5)CC4)c3c2C)c(OC)c1. The van der Waals surface area contributed by atoms with Crippen LogP contribution < -0.4 is 14.4 Å². The van der Waals surface area contributed by atoms with Gasteiger partial charge >= 0.3 is 0 Å². The predicted octanol–water partition coefficient (Wildman–Crippen LogP) is 5.59. The Balaban J connectivity index is 1.42. The zero-order valence-electron chi connectivity index (χ0n) is 23.1. The quantitative estimate of drug-likeness (QED) is 0.307. The van der Waals surface area contributed by atoms with Crippen LogP contribution in [-0.2, 0) is 0 Å². The van der Waals surface area contributed by atoms with Crippen molar-refractivity contribution in [2.75, 3.05) is 51.3 Å². The minimum absolute atomic E-state index is 0.616. The standard InChI is InChI=1S/C31H37N5O2/c1-6-38-26-14-15-27(28(21-26)37-5)36-23(3)29-22(2)32-33-31(30(29)24(36)4)35-19-17-34(18-20-35)16-10-13-25-11-8-7-9-12-25/h7-15,21H,6,16-20H2,1-5H3/b13-10+. The molecule has 2 aromatic carbocycles. The minimum Gasteiger partial charge on any atom is -0.494 e. The lowest BCUT2D eigenvalue weighted by atomic mass is 10.1. The third kappa shape index (κ3) is 4.98. The van der Waals surface area contributed by atoms with Gasteiger partial charge in [0.2, 0.25) is 0 Å². The van der Waals surface area contributed by atoms with Crippen LogP contribution in [0.25, 0.3) is 22.5 Å². The van der Waals surface area contributed by atoms with Gasteiger partial charge in [0.15, 0.2) is 5.82 Å². The maximum absolute atomic E-state index is 5.79. The smallest absolute Gasteiger partial charge is 0.161 e. The van der Waals surface area contributed by atoms with Crippen molar-refractivity contribution in [3.8, 4) is 17.2 Å². The molecule has 38 heavy (non-hydrogen) atoms. The van der Waals surface area contributed by atoms with E-state index >= 15 is 0 Å². The number of hydrogen-bond donors (Lipinski definition) is 0. The predicted molar refractivity (Wildman–Crippen MR) is 155 cm³/mol. The van der Waals surface area contributed by atoms with Crippen LogP contribution in [0.1, 0.15) is 29.6 Å². The van der Waals surface area contributed by atoms with Gasteiger partial charge in [0, 0.05) is 61.0 Å². The van der Waals surface area contributed by atoms with Crippen LogP contribution in [0.5, 0.6) is 11.5 Å². The molecule has 0 unspecified atom stereocenters. The van der Waals surface area contributed by atoms with E-state index in [0.29, 0.717) is 6.61 Å². The summed E-state index contributed by atoms with van der Waals surface area (Å²) in [6, 6.07) is 16.5. The van der Waals surface area contributed by atoms with Crippen molar-refractivity contribution >= 4 is 22.7 Å². The van der Waals surface area contributed by atoms with E-state index in [9.17, 15) is 0 Å². The lowest BCUT2D eigenvalue weighted by Crippen LogP contribution is -2.46. The Labute approximate surface area is 225 Å². The molecule has 0 spiro atoms. The van der Waals surface area contributed by atoms with Gasteiger partial charge < -0.3 is 18.9 Å². The average molecular weight is 512 g/mol. The summed E-state index contributed by atoms with van der Waals surface area (Å²) in [6.07, 6.45) is 4.46. The van der Waals surface area contributed by atoms with Crippen LogP contribution in [0.2, 0.25) is 0 Å². The first kappa shape index (κ1) is 25.8. The molecular formula is C31H37N5O2. The number of aromatic nitrogens is 3. The lowest BCUT2D eigenvalue weighted by molar-refractivity contribution is 0.284. The topological polar surface area (TPSA) is 55.7 Å². The summed E-state index contributed by atoms with van der Waals surface area (Å²) in [5.41, 5.74) is 5.45. The Morgan fingerprint density at radius 1 is 0.895 bits per heavy atom. The number of aryl methyl sites for hydroxylation is 3. The number of ether oxygens (including phenoxy) is 2. The average Bonchev–Trinajstić information content (AvgIpc) is 3.21. The number of benzene rings is 2. The summed E-state index contributed by atoms with van der Waals surface area (Å²) in [6.45, 7) is 13.7. The lowest BCUT2D eigenvalue weighted by Gasteiger charge is -2.35. The van der Waals surface area contributed by atoms with E-state index in [2.05, 4.69) is 75.8 Å². The van der Waals surface area contributed by atoms with Crippen molar-refractivity contribution in [2.24, 2.45) is 0 Å². The summed E-state index contributed by atoms with van der Waals surface area (Å²) < 4.78 is 13.8. The zero-order valence-corrected chi connectivity index (χ0v) is 23.1. The fourth-order valence-corrected chi connectivity index (χ4v) is 5.50. The summed E-state index contributed by atoms with van der Waals surface area (Å²) in [5.74, 6) is 2.55. The maximum atomic E-state index is 5.79. The fourth-order valence-electron chi connectivity index (χ4n) is 5.50. The molecule has 0 bridgehead atoms. The second kappa shape index (κ2) is 11.3. The minimum atomic E-state index is 0.616. The first-order chi connectivity index (χ1) is 18.5. The van der Waals surface area contributed by atoms with Gasteiger partial charge in [-0.05, 0) is 45.4 Å². The van der Waals surface area contributed by atoms with E-state index in [1.807, 2.05) is 32.0 Å². The number of methoxy groups -OCH3 is 1. The Morgan fingerprint density at radius 2 is 1.63 bits per heavy atom. The Morgan fingerprint density at radius 3 is 2.34 bits per heavy atom. The van der Waals surface area contributed by atoms with Crippen LogP contribution in [0.3, 0.4) is 0 Å². The van der Waals surface area contributed by atoms with Gasteiger partial charge in [-0.25, -0.2) is 0 Å². The first-order valence-electron chi connectivity index (χ1n) is 13.4. The molecule has 198 valence electrons. The van der Waals surface area contributed by atoms with Crippen molar-refractivity contribution in [3.63, 3.8) is 0 Å². The zero-order chi connectivity index (χ0) is 26.6. The molecule has 0 radical (unpaired) electrons. The highest BCUT2D eigenvalue weighted by atomic mass is 16.5. The van der Waals surface area contributed by atoms with Gasteiger partial charge in [-0.1, -0.05) is 42.5 Å². The van der Waals surface area contributed by atoms with Crippen LogP contribution in [0.4, 0.5) is 5.82 Å². The van der Waals surface area contributed by atoms with E-state index in [0.717, 1.165) is 78.2 Å². The van der Waals surface area contributed by atoms with Gasteiger partial charge in [-0.2, -0.15) is 5.10 Å². The molecule has 3 heterocycles. The molecular weight excluding hydrogens is 474 g/mol. The van der Waals surface area contributed by atoms with Crippen LogP contribution >= 0.6 is 0 Å². The Bertz CT molecular complexity index is 1440. The molecule has 0 saturated carbocycles. The van der Waals surface area contributed by atoms with E-state index in [-0.39, 0.29) is 0 Å². The summed E-state index contributed by atoms with van der Waals surface area (Å²) in [7, 11) is 1.71. The van der Waals surface area contributed by atoms with E-state index in [4.69, 9.17) is 14.6 Å². The monoisotopic (exact) mass is 511 g/mol. The fraction of sp³-hybridized carbons (Fsp3) is 0.355. The second-order valence-corrected chi connectivity index (χ2v) is 9.73. The highest BCUT2D eigenvalue weighted by molar-refractivity contribution is 5.99. The molecule has 1 aliphatic heterocycles. The third-order valence-corrected chi connectivity index (χ3v) is 7.37. The van der Waals surface area contributed by atoms with Gasteiger partial charge in [0.1, 0.15) is 11.5 Å². The molecule has 7 nitrogen and oxygen atoms in total. The largest absolute Gasteiger partial charge is 0.494 e. The maximum Gasteiger partial charge on any atom is 0.161 e. The van der Waals surface area contributed by atoms with Crippen LogP contribution in [-0.4, -0.2) is 66.1 Å². The van der Waals surface area contributed by atoms with Crippen molar-refractivity contribution in [3.05, 3.63) is 77.3 Å². The van der Waals surface area contributed by atoms with Gasteiger partial charge in [-0.3, -0.25) is 4.90 Å².